The van der Waals surface area contributed by atoms with E-state index in [-0.39, 0.29) is 0 Å². The van der Waals surface area contributed by atoms with Gasteiger partial charge in [0.2, 0.25) is 0 Å². The van der Waals surface area contributed by atoms with Crippen LogP contribution in [-0.2, 0) is 11.2 Å². The summed E-state index contributed by atoms with van der Waals surface area (Å²) in [5.74, 6) is 0.395. The summed E-state index contributed by atoms with van der Waals surface area (Å²) in [6.07, 6.45) is 2.18. The molecule has 1 aromatic carbocycles. The van der Waals surface area contributed by atoms with Gasteiger partial charge >= 0.3 is 5.97 Å². The van der Waals surface area contributed by atoms with Gasteiger partial charge in [-0.2, -0.15) is 0 Å². The Morgan fingerprint density at radius 2 is 1.95 bits per heavy atom. The number of hydrogen-bond acceptors (Lipinski definition) is 4. The lowest BCUT2D eigenvalue weighted by Crippen LogP contribution is -2.10. The summed E-state index contributed by atoms with van der Waals surface area (Å²) in [5, 5.41) is 0. The number of esters is 1. The van der Waals surface area contributed by atoms with Crippen molar-refractivity contribution in [1.29, 1.82) is 0 Å². The number of carbonyl (C=O) groups excluding carboxylic acids is 1. The Morgan fingerprint density at radius 1 is 1.16 bits per heavy atom. The van der Waals surface area contributed by atoms with Crippen molar-refractivity contribution in [3.8, 4) is 5.75 Å². The number of benzene rings is 1. The van der Waals surface area contributed by atoms with Gasteiger partial charge in [-0.3, -0.25) is 0 Å². The van der Waals surface area contributed by atoms with Gasteiger partial charge in [-0.25, -0.2) is 9.78 Å². The Balaban J connectivity index is 1.88. The third-order valence-electron chi connectivity index (χ3n) is 2.67. The van der Waals surface area contributed by atoms with Gasteiger partial charge in [-0.1, -0.05) is 24.3 Å². The summed E-state index contributed by atoms with van der Waals surface area (Å²) in [4.78, 5) is 15.6. The Morgan fingerprint density at radius 3 is 2.68 bits per heavy atom. The highest BCUT2D eigenvalue weighted by molar-refractivity contribution is 5.87. The molecule has 0 N–H and O–H groups in total. The van der Waals surface area contributed by atoms with Crippen LogP contribution in [0.3, 0.4) is 0 Å². The van der Waals surface area contributed by atoms with E-state index < -0.39 is 5.97 Å². The summed E-state index contributed by atoms with van der Waals surface area (Å²) in [7, 11) is 1.62. The second kappa shape index (κ2) is 6.54. The van der Waals surface area contributed by atoms with Gasteiger partial charge in [0.1, 0.15) is 11.4 Å². The van der Waals surface area contributed by atoms with E-state index in [9.17, 15) is 4.79 Å². The maximum Gasteiger partial charge on any atom is 0.356 e. The largest absolute Gasteiger partial charge is 0.496 e. The highest BCUT2D eigenvalue weighted by Gasteiger charge is 2.08. The predicted molar refractivity (Wildman–Crippen MR) is 71.2 cm³/mol. The number of hydrogen-bond donors (Lipinski definition) is 0. The zero-order valence-electron chi connectivity index (χ0n) is 10.7. The molecule has 0 spiro atoms. The fourth-order valence-corrected chi connectivity index (χ4v) is 1.72. The van der Waals surface area contributed by atoms with Crippen LogP contribution in [0, 0.1) is 0 Å². The first-order valence-corrected chi connectivity index (χ1v) is 6.01. The van der Waals surface area contributed by atoms with E-state index in [1.165, 1.54) is 0 Å². The number of pyridine rings is 1. The zero-order chi connectivity index (χ0) is 13.5. The van der Waals surface area contributed by atoms with E-state index in [0.717, 1.165) is 11.3 Å². The molecule has 2 rings (SSSR count). The molecule has 4 nitrogen and oxygen atoms in total. The third kappa shape index (κ3) is 3.55. The van der Waals surface area contributed by atoms with Crippen molar-refractivity contribution in [3.05, 3.63) is 59.9 Å². The standard InChI is InChI=1S/C15H15NO3/c1-18-14-8-3-2-6-12(14)9-11-19-15(17)13-7-4-5-10-16-13/h2-8,10H,9,11H2,1H3. The van der Waals surface area contributed by atoms with Crippen molar-refractivity contribution in [3.63, 3.8) is 0 Å². The van der Waals surface area contributed by atoms with Crippen molar-refractivity contribution < 1.29 is 14.3 Å². The van der Waals surface area contributed by atoms with E-state index in [2.05, 4.69) is 4.98 Å². The molecule has 1 heterocycles. The monoisotopic (exact) mass is 257 g/mol. The lowest BCUT2D eigenvalue weighted by Gasteiger charge is -2.08. The Labute approximate surface area is 112 Å². The van der Waals surface area contributed by atoms with Crippen LogP contribution in [0.4, 0.5) is 0 Å². The summed E-state index contributed by atoms with van der Waals surface area (Å²) in [6, 6.07) is 12.8. The molecule has 0 atom stereocenters. The topological polar surface area (TPSA) is 48.4 Å². The van der Waals surface area contributed by atoms with E-state index in [4.69, 9.17) is 9.47 Å². The Bertz CT molecular complexity index is 540. The molecule has 0 aliphatic rings. The molecule has 0 fully saturated rings. The summed E-state index contributed by atoms with van der Waals surface area (Å²) >= 11 is 0. The van der Waals surface area contributed by atoms with Crippen LogP contribution < -0.4 is 4.74 Å². The molecule has 19 heavy (non-hydrogen) atoms. The molecule has 0 aliphatic heterocycles. The smallest absolute Gasteiger partial charge is 0.356 e. The van der Waals surface area contributed by atoms with Gasteiger partial charge < -0.3 is 9.47 Å². The molecule has 98 valence electrons. The van der Waals surface area contributed by atoms with Crippen LogP contribution in [0.25, 0.3) is 0 Å². The minimum atomic E-state index is -0.407. The fraction of sp³-hybridized carbons (Fsp3) is 0.200. The van der Waals surface area contributed by atoms with Crippen molar-refractivity contribution >= 4 is 5.97 Å². The Hall–Kier alpha value is -2.36. The molecule has 0 aliphatic carbocycles. The maximum atomic E-state index is 11.7. The predicted octanol–water partition coefficient (Wildman–Crippen LogP) is 2.49. The highest BCUT2D eigenvalue weighted by Crippen LogP contribution is 2.17. The summed E-state index contributed by atoms with van der Waals surface area (Å²) < 4.78 is 10.4. The van der Waals surface area contributed by atoms with Gasteiger partial charge in [0.15, 0.2) is 0 Å². The minimum Gasteiger partial charge on any atom is -0.496 e. The number of nitrogens with zero attached hydrogens (tertiary/aromatic N) is 1. The number of carbonyl (C=O) groups is 1. The normalized spacial score (nSPS) is 9.95. The number of ether oxygens (including phenoxy) is 2. The van der Waals surface area contributed by atoms with Gasteiger partial charge in [0.25, 0.3) is 0 Å². The molecular weight excluding hydrogens is 242 g/mol. The third-order valence-corrected chi connectivity index (χ3v) is 2.67. The van der Waals surface area contributed by atoms with Crippen LogP contribution in [0.2, 0.25) is 0 Å². The highest BCUT2D eigenvalue weighted by atomic mass is 16.5. The van der Waals surface area contributed by atoms with Crippen molar-refractivity contribution in [2.24, 2.45) is 0 Å². The zero-order valence-corrected chi connectivity index (χ0v) is 10.7. The summed E-state index contributed by atoms with van der Waals surface area (Å²) in [5.41, 5.74) is 1.33. The van der Waals surface area contributed by atoms with Gasteiger partial charge in [-0.15, -0.1) is 0 Å². The van der Waals surface area contributed by atoms with Crippen LogP contribution in [0.5, 0.6) is 5.75 Å². The minimum absolute atomic E-state index is 0.301. The van der Waals surface area contributed by atoms with Crippen LogP contribution >= 0.6 is 0 Å². The van der Waals surface area contributed by atoms with Crippen molar-refractivity contribution in [2.75, 3.05) is 13.7 Å². The molecule has 0 saturated carbocycles. The molecular formula is C15H15NO3. The average Bonchev–Trinajstić information content (AvgIpc) is 2.48. The molecule has 4 heteroatoms. The first kappa shape index (κ1) is 13.1. The summed E-state index contributed by atoms with van der Waals surface area (Å²) in [6.45, 7) is 0.301. The molecule has 1 aromatic heterocycles. The number of methoxy groups -OCH3 is 1. The molecule has 2 aromatic rings. The maximum absolute atomic E-state index is 11.7. The first-order chi connectivity index (χ1) is 9.31. The van der Waals surface area contributed by atoms with Gasteiger partial charge in [0, 0.05) is 12.6 Å². The lowest BCUT2D eigenvalue weighted by molar-refractivity contribution is 0.0502. The van der Waals surface area contributed by atoms with E-state index in [0.29, 0.717) is 18.7 Å². The van der Waals surface area contributed by atoms with E-state index >= 15 is 0 Å². The van der Waals surface area contributed by atoms with E-state index in [1.807, 2.05) is 24.3 Å². The molecule has 0 bridgehead atoms. The van der Waals surface area contributed by atoms with Crippen molar-refractivity contribution in [2.45, 2.75) is 6.42 Å². The fourth-order valence-electron chi connectivity index (χ4n) is 1.72. The molecule has 0 saturated heterocycles. The molecule has 0 unspecified atom stereocenters. The van der Waals surface area contributed by atoms with E-state index in [1.54, 1.807) is 31.5 Å². The second-order valence-corrected chi connectivity index (χ2v) is 3.91. The van der Waals surface area contributed by atoms with Gasteiger partial charge in [-0.05, 0) is 23.8 Å². The number of rotatable bonds is 5. The van der Waals surface area contributed by atoms with Gasteiger partial charge in [0.05, 0.1) is 13.7 Å². The Kier molecular flexibility index (Phi) is 4.50. The van der Waals surface area contributed by atoms with Crippen molar-refractivity contribution in [1.82, 2.24) is 4.98 Å². The first-order valence-electron chi connectivity index (χ1n) is 6.01. The average molecular weight is 257 g/mol. The quantitative estimate of drug-likeness (QED) is 0.772. The van der Waals surface area contributed by atoms with Crippen LogP contribution in [-0.4, -0.2) is 24.7 Å². The van der Waals surface area contributed by atoms with Crippen LogP contribution in [0.15, 0.2) is 48.7 Å². The molecule has 0 amide bonds. The lowest BCUT2D eigenvalue weighted by atomic mass is 10.1. The number of para-hydroxylation sites is 1. The second-order valence-electron chi connectivity index (χ2n) is 3.91. The number of aromatic nitrogens is 1. The van der Waals surface area contributed by atoms with Crippen LogP contribution in [0.1, 0.15) is 16.1 Å². The molecule has 0 radical (unpaired) electrons. The SMILES string of the molecule is COc1ccccc1CCOC(=O)c1ccccn1.